The zero-order valence-electron chi connectivity index (χ0n) is 18.0. The minimum atomic E-state index is -0.314. The highest BCUT2D eigenvalue weighted by molar-refractivity contribution is 7.80. The number of hydrogen-bond donors (Lipinski definition) is 1. The lowest BCUT2D eigenvalue weighted by molar-refractivity contribution is 0.439. The van der Waals surface area contributed by atoms with Crippen LogP contribution in [0.1, 0.15) is 34.7 Å². The third-order valence-corrected chi connectivity index (χ3v) is 6.69. The van der Waals surface area contributed by atoms with Gasteiger partial charge in [0.05, 0.1) is 11.7 Å². The molecule has 1 aliphatic rings. The molecule has 3 heterocycles. The summed E-state index contributed by atoms with van der Waals surface area (Å²) in [5.74, 6) is 1.18. The van der Waals surface area contributed by atoms with Crippen LogP contribution in [0.25, 0.3) is 11.3 Å². The third-order valence-electron chi connectivity index (χ3n) is 5.97. The first-order valence-electron chi connectivity index (χ1n) is 10.6. The molecular weight excluding hydrogens is 457 g/mol. The maximum atomic E-state index is 14.0. The second-order valence-corrected chi connectivity index (χ2v) is 8.84. The second kappa shape index (κ2) is 8.61. The number of nitrogens with zero attached hydrogens (tertiary/aromatic N) is 2. The maximum absolute atomic E-state index is 14.0. The number of anilines is 1. The number of pyridine rings is 1. The summed E-state index contributed by atoms with van der Waals surface area (Å²) in [5, 5.41) is 4.60. The fraction of sp³-hybridized carbons (Fsp3) is 0.154. The molecule has 4 nitrogen and oxygen atoms in total. The highest BCUT2D eigenvalue weighted by atomic mass is 35.5. The second-order valence-electron chi connectivity index (χ2n) is 8.04. The Labute approximate surface area is 202 Å². The van der Waals surface area contributed by atoms with Gasteiger partial charge in [0, 0.05) is 22.5 Å². The first kappa shape index (κ1) is 21.6. The Bertz CT molecular complexity index is 1340. The molecule has 0 bridgehead atoms. The van der Waals surface area contributed by atoms with Gasteiger partial charge in [0.15, 0.2) is 5.11 Å². The molecule has 2 aromatic carbocycles. The number of furan rings is 1. The van der Waals surface area contributed by atoms with Crippen LogP contribution in [0.5, 0.6) is 0 Å². The van der Waals surface area contributed by atoms with E-state index in [4.69, 9.17) is 28.2 Å². The molecule has 1 saturated heterocycles. The van der Waals surface area contributed by atoms with E-state index in [-0.39, 0.29) is 17.9 Å². The Hall–Kier alpha value is -3.22. The number of benzene rings is 2. The minimum absolute atomic E-state index is 0.247. The number of rotatable bonds is 4. The van der Waals surface area contributed by atoms with Gasteiger partial charge in [0.2, 0.25) is 0 Å². The van der Waals surface area contributed by atoms with E-state index in [1.165, 1.54) is 6.07 Å². The van der Waals surface area contributed by atoms with Gasteiger partial charge in [-0.1, -0.05) is 29.8 Å². The molecule has 7 heteroatoms. The molecule has 2 unspecified atom stereocenters. The molecule has 0 radical (unpaired) electrons. The average Bonchev–Trinajstić information content (AvgIpc) is 3.43. The van der Waals surface area contributed by atoms with Crippen molar-refractivity contribution < 1.29 is 8.81 Å². The molecule has 1 aliphatic heterocycles. The monoisotopic (exact) mass is 477 g/mol. The predicted octanol–water partition coefficient (Wildman–Crippen LogP) is 6.93. The van der Waals surface area contributed by atoms with E-state index in [1.807, 2.05) is 60.4 Å². The summed E-state index contributed by atoms with van der Waals surface area (Å²) in [5.41, 5.74) is 4.05. The van der Waals surface area contributed by atoms with E-state index in [0.717, 1.165) is 28.3 Å². The zero-order valence-corrected chi connectivity index (χ0v) is 19.6. The summed E-state index contributed by atoms with van der Waals surface area (Å²) in [6, 6.07) is 19.8. The summed E-state index contributed by atoms with van der Waals surface area (Å²) in [6.07, 6.45) is 1.75. The van der Waals surface area contributed by atoms with Gasteiger partial charge in [-0.2, -0.15) is 0 Å². The molecule has 1 N–H and O–H groups in total. The Morgan fingerprint density at radius 2 is 1.91 bits per heavy atom. The Morgan fingerprint density at radius 3 is 2.67 bits per heavy atom. The lowest BCUT2D eigenvalue weighted by atomic mass is 10.0. The predicted molar refractivity (Wildman–Crippen MR) is 133 cm³/mol. The van der Waals surface area contributed by atoms with Crippen molar-refractivity contribution in [1.29, 1.82) is 0 Å². The summed E-state index contributed by atoms with van der Waals surface area (Å²) in [4.78, 5) is 6.52. The fourth-order valence-electron chi connectivity index (χ4n) is 4.23. The summed E-state index contributed by atoms with van der Waals surface area (Å²) in [7, 11) is 0. The van der Waals surface area contributed by atoms with E-state index in [2.05, 4.69) is 10.3 Å². The van der Waals surface area contributed by atoms with E-state index >= 15 is 0 Å². The van der Waals surface area contributed by atoms with Gasteiger partial charge < -0.3 is 14.6 Å². The Morgan fingerprint density at radius 1 is 1.06 bits per heavy atom. The molecule has 2 aromatic heterocycles. The van der Waals surface area contributed by atoms with Crippen LogP contribution in [0.3, 0.4) is 0 Å². The van der Waals surface area contributed by atoms with E-state index in [9.17, 15) is 4.39 Å². The van der Waals surface area contributed by atoms with Crippen molar-refractivity contribution in [3.63, 3.8) is 0 Å². The van der Waals surface area contributed by atoms with E-state index in [0.29, 0.717) is 21.5 Å². The number of aromatic nitrogens is 1. The zero-order chi connectivity index (χ0) is 23.1. The summed E-state index contributed by atoms with van der Waals surface area (Å²) >= 11 is 12.1. The molecule has 4 aromatic rings. The van der Waals surface area contributed by atoms with Gasteiger partial charge in [-0.3, -0.25) is 4.98 Å². The number of halogens is 2. The van der Waals surface area contributed by atoms with Crippen LogP contribution in [0.2, 0.25) is 5.02 Å². The van der Waals surface area contributed by atoms with Gasteiger partial charge in [0.1, 0.15) is 23.4 Å². The lowest BCUT2D eigenvalue weighted by Crippen LogP contribution is -2.29. The van der Waals surface area contributed by atoms with Crippen molar-refractivity contribution in [3.8, 4) is 11.3 Å². The highest BCUT2D eigenvalue weighted by Gasteiger charge is 2.42. The van der Waals surface area contributed by atoms with Crippen LogP contribution >= 0.6 is 23.8 Å². The molecule has 2 atom stereocenters. The number of thiocarbonyl (C=S) groups is 1. The van der Waals surface area contributed by atoms with Crippen LogP contribution < -0.4 is 10.2 Å². The van der Waals surface area contributed by atoms with Crippen molar-refractivity contribution >= 4 is 34.6 Å². The van der Waals surface area contributed by atoms with Crippen LogP contribution in [0.4, 0.5) is 10.1 Å². The largest absolute Gasteiger partial charge is 0.459 e. The average molecular weight is 478 g/mol. The van der Waals surface area contributed by atoms with E-state index < -0.39 is 0 Å². The van der Waals surface area contributed by atoms with Crippen LogP contribution in [-0.2, 0) is 0 Å². The SMILES string of the molecule is Cc1cc(N2C(=S)NC(c3ccccn3)C2c2ccc(-c3cccc(Cl)c3C)o2)ccc1F. The summed E-state index contributed by atoms with van der Waals surface area (Å²) in [6.45, 7) is 3.71. The van der Waals surface area contributed by atoms with E-state index in [1.54, 1.807) is 25.3 Å². The quantitative estimate of drug-likeness (QED) is 0.323. The molecule has 0 amide bonds. The van der Waals surface area contributed by atoms with Crippen LogP contribution in [0, 0.1) is 19.7 Å². The molecule has 0 spiro atoms. The Kier molecular flexibility index (Phi) is 5.64. The van der Waals surface area contributed by atoms with Gasteiger partial charge in [-0.15, -0.1) is 0 Å². The van der Waals surface area contributed by atoms with Crippen molar-refractivity contribution in [2.75, 3.05) is 4.90 Å². The van der Waals surface area contributed by atoms with Crippen molar-refractivity contribution in [2.24, 2.45) is 0 Å². The smallest absolute Gasteiger partial charge is 0.174 e. The molecule has 166 valence electrons. The summed E-state index contributed by atoms with van der Waals surface area (Å²) < 4.78 is 20.4. The first-order valence-corrected chi connectivity index (χ1v) is 11.3. The minimum Gasteiger partial charge on any atom is -0.459 e. The molecule has 0 aliphatic carbocycles. The number of hydrogen-bond acceptors (Lipinski definition) is 3. The molecular formula is C26H21ClFN3OS. The fourth-order valence-corrected chi connectivity index (χ4v) is 4.75. The lowest BCUT2D eigenvalue weighted by Gasteiger charge is -2.26. The van der Waals surface area contributed by atoms with Crippen LogP contribution in [-0.4, -0.2) is 10.1 Å². The van der Waals surface area contributed by atoms with Crippen molar-refractivity contribution in [1.82, 2.24) is 10.3 Å². The molecule has 0 saturated carbocycles. The number of aryl methyl sites for hydroxylation is 1. The normalized spacial score (nSPS) is 17.9. The third kappa shape index (κ3) is 3.90. The van der Waals surface area contributed by atoms with Gasteiger partial charge >= 0.3 is 0 Å². The standard InChI is InChI=1S/C26H21ClFN3OS/c1-15-14-17(9-10-20(15)28)31-25(24(30-26(31)33)21-8-3-4-13-29-21)23-12-11-22(32-23)18-6-5-7-19(27)16(18)2/h3-14,24-25H,1-2H3,(H,30,33). The maximum Gasteiger partial charge on any atom is 0.174 e. The molecule has 1 fully saturated rings. The van der Waals surface area contributed by atoms with Crippen LogP contribution in [0.15, 0.2) is 77.3 Å². The Balaban J connectivity index is 1.62. The topological polar surface area (TPSA) is 41.3 Å². The first-order chi connectivity index (χ1) is 15.9. The van der Waals surface area contributed by atoms with Gasteiger partial charge in [-0.25, -0.2) is 4.39 Å². The number of nitrogens with one attached hydrogen (secondary N) is 1. The van der Waals surface area contributed by atoms with Gasteiger partial charge in [0.25, 0.3) is 0 Å². The van der Waals surface area contributed by atoms with Crippen molar-refractivity contribution in [2.45, 2.75) is 25.9 Å². The molecule has 5 rings (SSSR count). The van der Waals surface area contributed by atoms with Crippen molar-refractivity contribution in [3.05, 3.63) is 106 Å². The highest BCUT2D eigenvalue weighted by Crippen LogP contribution is 2.43. The van der Waals surface area contributed by atoms with Gasteiger partial charge in [-0.05, 0) is 85.7 Å². The molecule has 33 heavy (non-hydrogen) atoms.